The molecular weight excluding hydrogens is 423 g/mol. The van der Waals surface area contributed by atoms with Crippen molar-refractivity contribution in [1.29, 1.82) is 0 Å². The minimum Gasteiger partial charge on any atom is -0.397 e. The summed E-state index contributed by atoms with van der Waals surface area (Å²) in [4.78, 5) is 24.3. The minimum absolute atomic E-state index is 0.0156. The first-order valence-corrected chi connectivity index (χ1v) is 8.63. The van der Waals surface area contributed by atoms with Gasteiger partial charge >= 0.3 is 0 Å². The van der Waals surface area contributed by atoms with Gasteiger partial charge in [-0.25, -0.2) is 8.78 Å². The van der Waals surface area contributed by atoms with Crippen LogP contribution in [-0.2, 0) is 4.79 Å². The number of halogens is 5. The van der Waals surface area contributed by atoms with E-state index in [4.69, 9.17) is 40.5 Å². The fourth-order valence-corrected chi connectivity index (χ4v) is 2.57. The monoisotopic (exact) mass is 435 g/mol. The second-order valence-electron chi connectivity index (χ2n) is 5.80. The highest BCUT2D eigenvalue weighted by Crippen LogP contribution is 2.27. The van der Waals surface area contributed by atoms with Gasteiger partial charge in [0, 0.05) is 17.8 Å². The summed E-state index contributed by atoms with van der Waals surface area (Å²) in [5.74, 6) is -3.51. The Hall–Kier alpha value is -2.09. The summed E-state index contributed by atoms with van der Waals surface area (Å²) in [7, 11) is 0. The molecule has 0 aliphatic rings. The molecule has 10 heteroatoms. The van der Waals surface area contributed by atoms with E-state index in [1.54, 1.807) is 0 Å². The second kappa shape index (κ2) is 8.29. The molecular formula is C17H14Cl3F2N3O2. The molecule has 2 aromatic carbocycles. The number of benzene rings is 2. The van der Waals surface area contributed by atoms with Gasteiger partial charge in [0.15, 0.2) is 11.6 Å². The van der Waals surface area contributed by atoms with Gasteiger partial charge in [-0.1, -0.05) is 11.6 Å². The maximum atomic E-state index is 13.4. The zero-order valence-corrected chi connectivity index (χ0v) is 16.1. The lowest BCUT2D eigenvalue weighted by Crippen LogP contribution is -2.21. The number of nitrogen functional groups attached to an aromatic ring is 1. The number of amides is 2. The van der Waals surface area contributed by atoms with Crippen LogP contribution in [-0.4, -0.2) is 16.1 Å². The molecule has 0 aliphatic carbocycles. The minimum atomic E-state index is -1.25. The second-order valence-corrected chi connectivity index (χ2v) is 8.07. The van der Waals surface area contributed by atoms with E-state index in [-0.39, 0.29) is 34.1 Å². The van der Waals surface area contributed by atoms with Crippen LogP contribution in [0.4, 0.5) is 25.8 Å². The molecule has 0 atom stereocenters. The standard InChI is InChI=1S/C17H14Cl3F2N3O2/c1-17(19,20)7-15(26)24-8-2-3-10(18)9(4-8)16(27)25-14-6-12(22)11(21)5-13(14)23/h2-6H,7,23H2,1H3,(H,24,26)(H,25,27). The maximum Gasteiger partial charge on any atom is 0.257 e. The van der Waals surface area contributed by atoms with Crippen molar-refractivity contribution in [2.45, 2.75) is 17.7 Å². The summed E-state index contributed by atoms with van der Waals surface area (Å²) in [6, 6.07) is 5.68. The van der Waals surface area contributed by atoms with Crippen LogP contribution in [0.5, 0.6) is 0 Å². The molecule has 0 unspecified atom stereocenters. The summed E-state index contributed by atoms with van der Waals surface area (Å²) in [5.41, 5.74) is 5.54. The molecule has 144 valence electrons. The molecule has 2 rings (SSSR count). The third-order valence-electron chi connectivity index (χ3n) is 3.31. The lowest BCUT2D eigenvalue weighted by molar-refractivity contribution is -0.116. The van der Waals surface area contributed by atoms with Crippen LogP contribution >= 0.6 is 34.8 Å². The van der Waals surface area contributed by atoms with Crippen molar-refractivity contribution >= 4 is 63.7 Å². The molecule has 0 saturated carbocycles. The number of anilines is 3. The molecule has 0 radical (unpaired) electrons. The van der Waals surface area contributed by atoms with E-state index in [9.17, 15) is 18.4 Å². The highest BCUT2D eigenvalue weighted by Gasteiger charge is 2.22. The van der Waals surface area contributed by atoms with Crippen LogP contribution in [0, 0.1) is 11.6 Å². The molecule has 0 heterocycles. The summed E-state index contributed by atoms with van der Waals surface area (Å²) in [5, 5.41) is 4.95. The van der Waals surface area contributed by atoms with Crippen molar-refractivity contribution in [3.05, 3.63) is 52.6 Å². The SMILES string of the molecule is CC(Cl)(Cl)CC(=O)Nc1ccc(Cl)c(C(=O)Nc2cc(F)c(F)cc2N)c1. The van der Waals surface area contributed by atoms with Crippen LogP contribution < -0.4 is 16.4 Å². The van der Waals surface area contributed by atoms with Crippen molar-refractivity contribution in [2.75, 3.05) is 16.4 Å². The van der Waals surface area contributed by atoms with Gasteiger partial charge in [-0.05, 0) is 25.1 Å². The molecule has 2 amide bonds. The average Bonchev–Trinajstić information content (AvgIpc) is 2.52. The highest BCUT2D eigenvalue weighted by atomic mass is 35.5. The Balaban J connectivity index is 2.21. The van der Waals surface area contributed by atoms with E-state index < -0.39 is 27.8 Å². The first-order valence-electron chi connectivity index (χ1n) is 7.49. The molecule has 4 N–H and O–H groups in total. The zero-order valence-electron chi connectivity index (χ0n) is 13.9. The average molecular weight is 437 g/mol. The molecule has 0 aliphatic heterocycles. The van der Waals surface area contributed by atoms with Gasteiger partial charge in [0.2, 0.25) is 5.91 Å². The number of nitrogens with two attached hydrogens (primary N) is 1. The fourth-order valence-electron chi connectivity index (χ4n) is 2.12. The summed E-state index contributed by atoms with van der Waals surface area (Å²) in [6.45, 7) is 1.46. The topological polar surface area (TPSA) is 84.2 Å². The van der Waals surface area contributed by atoms with E-state index in [0.29, 0.717) is 0 Å². The molecule has 0 aromatic heterocycles. The Kier molecular flexibility index (Phi) is 6.51. The first-order chi connectivity index (χ1) is 12.5. The lowest BCUT2D eigenvalue weighted by Gasteiger charge is -2.14. The molecule has 0 bridgehead atoms. The number of nitrogens with one attached hydrogen (secondary N) is 2. The van der Waals surface area contributed by atoms with Gasteiger partial charge in [-0.15, -0.1) is 23.2 Å². The third-order valence-corrected chi connectivity index (χ3v) is 3.90. The number of carbonyl (C=O) groups is 2. The Bertz CT molecular complexity index is 902. The summed E-state index contributed by atoms with van der Waals surface area (Å²) in [6.07, 6.45) is -0.175. The summed E-state index contributed by atoms with van der Waals surface area (Å²) >= 11 is 17.6. The smallest absolute Gasteiger partial charge is 0.257 e. The third kappa shape index (κ3) is 5.95. The van der Waals surface area contributed by atoms with Gasteiger partial charge in [-0.2, -0.15) is 0 Å². The van der Waals surface area contributed by atoms with Gasteiger partial charge in [0.25, 0.3) is 5.91 Å². The highest BCUT2D eigenvalue weighted by molar-refractivity contribution is 6.49. The number of hydrogen-bond acceptors (Lipinski definition) is 3. The maximum absolute atomic E-state index is 13.4. The van der Waals surface area contributed by atoms with Crippen molar-refractivity contribution in [3.63, 3.8) is 0 Å². The fraction of sp³-hybridized carbons (Fsp3) is 0.176. The van der Waals surface area contributed by atoms with Gasteiger partial charge in [0.1, 0.15) is 4.33 Å². The first kappa shape index (κ1) is 21.2. The molecule has 2 aromatic rings. The van der Waals surface area contributed by atoms with E-state index in [1.807, 2.05) is 0 Å². The van der Waals surface area contributed by atoms with Gasteiger partial charge < -0.3 is 16.4 Å². The predicted octanol–water partition coefficient (Wildman–Crippen LogP) is 4.98. The molecule has 0 saturated heterocycles. The molecule has 0 fully saturated rings. The van der Waals surface area contributed by atoms with E-state index in [1.165, 1.54) is 25.1 Å². The summed E-state index contributed by atoms with van der Waals surface area (Å²) < 4.78 is 25.2. The molecule has 0 spiro atoms. The van der Waals surface area contributed by atoms with Crippen LogP contribution in [0.2, 0.25) is 5.02 Å². The van der Waals surface area contributed by atoms with Crippen LogP contribution in [0.15, 0.2) is 30.3 Å². The van der Waals surface area contributed by atoms with Crippen LogP contribution in [0.1, 0.15) is 23.7 Å². The van der Waals surface area contributed by atoms with Crippen molar-refractivity contribution in [3.8, 4) is 0 Å². The van der Waals surface area contributed by atoms with E-state index in [0.717, 1.165) is 12.1 Å². The Morgan fingerprint density at radius 2 is 1.74 bits per heavy atom. The van der Waals surface area contributed by atoms with Gasteiger partial charge in [-0.3, -0.25) is 9.59 Å². The van der Waals surface area contributed by atoms with Crippen molar-refractivity contribution in [1.82, 2.24) is 0 Å². The quantitative estimate of drug-likeness (QED) is 0.457. The number of hydrogen-bond donors (Lipinski definition) is 3. The van der Waals surface area contributed by atoms with Crippen LogP contribution in [0.3, 0.4) is 0 Å². The molecule has 27 heavy (non-hydrogen) atoms. The number of rotatable bonds is 5. The number of carbonyl (C=O) groups excluding carboxylic acids is 2. The van der Waals surface area contributed by atoms with E-state index >= 15 is 0 Å². The zero-order chi connectivity index (χ0) is 20.4. The normalized spacial score (nSPS) is 11.2. The Morgan fingerprint density at radius 1 is 1.11 bits per heavy atom. The predicted molar refractivity (Wildman–Crippen MR) is 104 cm³/mol. The Morgan fingerprint density at radius 3 is 2.37 bits per heavy atom. The van der Waals surface area contributed by atoms with Crippen molar-refractivity contribution < 1.29 is 18.4 Å². The number of alkyl halides is 2. The largest absolute Gasteiger partial charge is 0.397 e. The van der Waals surface area contributed by atoms with Gasteiger partial charge in [0.05, 0.1) is 28.4 Å². The van der Waals surface area contributed by atoms with Crippen LogP contribution in [0.25, 0.3) is 0 Å². The van der Waals surface area contributed by atoms with E-state index in [2.05, 4.69) is 10.6 Å². The lowest BCUT2D eigenvalue weighted by atomic mass is 10.1. The van der Waals surface area contributed by atoms with Crippen molar-refractivity contribution in [2.24, 2.45) is 0 Å². The Labute approximate surface area is 168 Å². The molecule has 5 nitrogen and oxygen atoms in total.